The van der Waals surface area contributed by atoms with Gasteiger partial charge in [-0.15, -0.1) is 0 Å². The zero-order valence-corrected chi connectivity index (χ0v) is 13.9. The number of hydrogen-bond acceptors (Lipinski definition) is 6. The monoisotopic (exact) mass is 341 g/mol. The number of rotatable bonds is 5. The fourth-order valence-corrected chi connectivity index (χ4v) is 2.31. The molecule has 0 unspecified atom stereocenters. The van der Waals surface area contributed by atoms with Gasteiger partial charge in [0.05, 0.1) is 26.0 Å². The first-order valence-electron chi connectivity index (χ1n) is 7.07. The van der Waals surface area contributed by atoms with Crippen LogP contribution in [0.4, 0.5) is 0 Å². The smallest absolute Gasteiger partial charge is 0.216 e. The maximum absolute atomic E-state index is 5.43. The average Bonchev–Trinajstić information content (AvgIpc) is 3.00. The fourth-order valence-electron chi connectivity index (χ4n) is 2.13. The number of H-pyrrole nitrogens is 1. The third kappa shape index (κ3) is 3.18. The number of ether oxygens (including phenoxy) is 2. The number of aromatic nitrogens is 4. The average molecular weight is 341 g/mol. The zero-order chi connectivity index (χ0) is 16.9. The second-order valence-electron chi connectivity index (χ2n) is 4.76. The molecule has 24 heavy (non-hydrogen) atoms. The van der Waals surface area contributed by atoms with Crippen molar-refractivity contribution in [1.82, 2.24) is 19.9 Å². The summed E-state index contributed by atoms with van der Waals surface area (Å²) in [6, 6.07) is 9.18. The lowest BCUT2D eigenvalue weighted by Gasteiger charge is -2.09. The van der Waals surface area contributed by atoms with Gasteiger partial charge in [-0.05, 0) is 30.4 Å². The Balaban J connectivity index is 2.05. The van der Waals surface area contributed by atoms with Crippen LogP contribution in [0.25, 0.3) is 11.4 Å². The Bertz CT molecular complexity index is 918. The summed E-state index contributed by atoms with van der Waals surface area (Å²) in [4.78, 5) is 4.05. The van der Waals surface area contributed by atoms with Gasteiger partial charge in [0.2, 0.25) is 4.77 Å². The van der Waals surface area contributed by atoms with Crippen LogP contribution in [0, 0.1) is 4.77 Å². The molecule has 2 aromatic heterocycles. The van der Waals surface area contributed by atoms with Crippen LogP contribution in [-0.4, -0.2) is 40.3 Å². The quantitative estimate of drug-likeness (QED) is 0.570. The van der Waals surface area contributed by atoms with E-state index in [0.717, 1.165) is 11.1 Å². The molecule has 3 aromatic rings. The van der Waals surface area contributed by atoms with Gasteiger partial charge in [0.15, 0.2) is 5.82 Å². The molecule has 0 fully saturated rings. The number of benzene rings is 1. The summed E-state index contributed by atoms with van der Waals surface area (Å²) in [6.45, 7) is 0. The Labute approximate surface area is 143 Å². The molecule has 0 aliphatic carbocycles. The molecule has 0 atom stereocenters. The molecule has 3 rings (SSSR count). The minimum Gasteiger partial charge on any atom is -0.497 e. The number of methoxy groups -OCH3 is 2. The molecule has 0 saturated carbocycles. The largest absolute Gasteiger partial charge is 0.497 e. The molecule has 0 saturated heterocycles. The molecule has 1 aromatic carbocycles. The topological polar surface area (TPSA) is 77.3 Å². The van der Waals surface area contributed by atoms with E-state index in [-0.39, 0.29) is 0 Å². The van der Waals surface area contributed by atoms with Crippen molar-refractivity contribution in [2.75, 3.05) is 14.2 Å². The molecule has 7 nitrogen and oxygen atoms in total. The highest BCUT2D eigenvalue weighted by molar-refractivity contribution is 7.71. The molecule has 122 valence electrons. The highest BCUT2D eigenvalue weighted by atomic mass is 32.1. The van der Waals surface area contributed by atoms with Crippen LogP contribution >= 0.6 is 12.2 Å². The Hall–Kier alpha value is -3.00. The van der Waals surface area contributed by atoms with Crippen molar-refractivity contribution >= 4 is 18.4 Å². The van der Waals surface area contributed by atoms with E-state index in [4.69, 9.17) is 21.7 Å². The molecule has 0 spiro atoms. The van der Waals surface area contributed by atoms with Gasteiger partial charge in [0, 0.05) is 24.0 Å². The van der Waals surface area contributed by atoms with Gasteiger partial charge in [-0.3, -0.25) is 4.98 Å². The predicted molar refractivity (Wildman–Crippen MR) is 93.2 cm³/mol. The van der Waals surface area contributed by atoms with Gasteiger partial charge in [-0.2, -0.15) is 14.9 Å². The number of nitrogens with one attached hydrogen (secondary N) is 1. The summed E-state index contributed by atoms with van der Waals surface area (Å²) in [5.74, 6) is 1.84. The van der Waals surface area contributed by atoms with Crippen molar-refractivity contribution in [2.24, 2.45) is 5.10 Å². The van der Waals surface area contributed by atoms with E-state index >= 15 is 0 Å². The van der Waals surface area contributed by atoms with Gasteiger partial charge in [-0.1, -0.05) is 6.07 Å². The summed E-state index contributed by atoms with van der Waals surface area (Å²) >= 11 is 5.27. The maximum atomic E-state index is 5.43. The lowest BCUT2D eigenvalue weighted by atomic mass is 10.2. The van der Waals surface area contributed by atoms with E-state index in [2.05, 4.69) is 20.3 Å². The van der Waals surface area contributed by atoms with Crippen molar-refractivity contribution < 1.29 is 9.47 Å². The lowest BCUT2D eigenvalue weighted by Crippen LogP contribution is -1.98. The normalized spacial score (nSPS) is 10.9. The third-order valence-electron chi connectivity index (χ3n) is 3.31. The van der Waals surface area contributed by atoms with Gasteiger partial charge in [0.25, 0.3) is 0 Å². The van der Waals surface area contributed by atoms with Crippen LogP contribution in [0.3, 0.4) is 0 Å². The van der Waals surface area contributed by atoms with Crippen LogP contribution in [0.5, 0.6) is 11.5 Å². The summed E-state index contributed by atoms with van der Waals surface area (Å²) < 4.78 is 12.6. The van der Waals surface area contributed by atoms with E-state index in [1.165, 1.54) is 4.68 Å². The molecule has 0 aliphatic heterocycles. The van der Waals surface area contributed by atoms with Gasteiger partial charge in [-0.25, -0.2) is 5.10 Å². The third-order valence-corrected chi connectivity index (χ3v) is 3.57. The van der Waals surface area contributed by atoms with E-state index in [9.17, 15) is 0 Å². The SMILES string of the molecule is COc1ccc(-c2n[nH]c(=S)n2/N=C\c2cccnc2)c(OC)c1. The molecular formula is C16H15N5O2S. The molecule has 8 heteroatoms. The van der Waals surface area contributed by atoms with Crippen molar-refractivity contribution in [1.29, 1.82) is 0 Å². The van der Waals surface area contributed by atoms with E-state index in [1.807, 2.05) is 24.3 Å². The number of pyridine rings is 1. The summed E-state index contributed by atoms with van der Waals surface area (Å²) in [7, 11) is 3.19. The van der Waals surface area contributed by atoms with Crippen LogP contribution in [0.1, 0.15) is 5.56 Å². The first-order valence-corrected chi connectivity index (χ1v) is 7.48. The van der Waals surface area contributed by atoms with E-state index < -0.39 is 0 Å². The van der Waals surface area contributed by atoms with Crippen molar-refractivity contribution in [2.45, 2.75) is 0 Å². The van der Waals surface area contributed by atoms with Crippen LogP contribution in [0.2, 0.25) is 0 Å². The van der Waals surface area contributed by atoms with E-state index in [1.54, 1.807) is 38.9 Å². The molecule has 1 N–H and O–H groups in total. The molecule has 0 amide bonds. The number of aromatic amines is 1. The highest BCUT2D eigenvalue weighted by Gasteiger charge is 2.14. The lowest BCUT2D eigenvalue weighted by molar-refractivity contribution is 0.395. The Kier molecular flexibility index (Phi) is 4.66. The molecule has 0 radical (unpaired) electrons. The second-order valence-corrected chi connectivity index (χ2v) is 5.15. The second kappa shape index (κ2) is 7.05. The Morgan fingerprint density at radius 3 is 2.83 bits per heavy atom. The van der Waals surface area contributed by atoms with Crippen LogP contribution in [0.15, 0.2) is 47.8 Å². The molecule has 0 aliphatic rings. The van der Waals surface area contributed by atoms with Gasteiger partial charge in [0.1, 0.15) is 11.5 Å². The zero-order valence-electron chi connectivity index (χ0n) is 13.1. The van der Waals surface area contributed by atoms with Gasteiger partial charge < -0.3 is 9.47 Å². The van der Waals surface area contributed by atoms with Crippen molar-refractivity contribution in [3.8, 4) is 22.9 Å². The van der Waals surface area contributed by atoms with Crippen LogP contribution < -0.4 is 9.47 Å². The maximum Gasteiger partial charge on any atom is 0.216 e. The summed E-state index contributed by atoms with van der Waals surface area (Å²) in [5.41, 5.74) is 1.60. The van der Waals surface area contributed by atoms with Gasteiger partial charge >= 0.3 is 0 Å². The van der Waals surface area contributed by atoms with Crippen molar-refractivity contribution in [3.63, 3.8) is 0 Å². The Morgan fingerprint density at radius 2 is 2.12 bits per heavy atom. The predicted octanol–water partition coefficient (Wildman–Crippen LogP) is 2.90. The minimum atomic E-state index is 0.378. The minimum absolute atomic E-state index is 0.378. The molecule has 2 heterocycles. The highest BCUT2D eigenvalue weighted by Crippen LogP contribution is 2.32. The molecular weight excluding hydrogens is 326 g/mol. The van der Waals surface area contributed by atoms with E-state index in [0.29, 0.717) is 22.1 Å². The number of hydrogen-bond donors (Lipinski definition) is 1. The summed E-state index contributed by atoms with van der Waals surface area (Å²) in [5, 5.41) is 11.4. The first-order chi connectivity index (χ1) is 11.7. The summed E-state index contributed by atoms with van der Waals surface area (Å²) in [6.07, 6.45) is 5.08. The molecule has 0 bridgehead atoms. The Morgan fingerprint density at radius 1 is 1.25 bits per heavy atom. The fraction of sp³-hybridized carbons (Fsp3) is 0.125. The first kappa shape index (κ1) is 15.9. The van der Waals surface area contributed by atoms with Crippen molar-refractivity contribution in [3.05, 3.63) is 53.1 Å². The number of nitrogens with zero attached hydrogens (tertiary/aromatic N) is 4. The van der Waals surface area contributed by atoms with Crippen LogP contribution in [-0.2, 0) is 0 Å². The standard InChI is InChI=1S/C16H15N5O2S/c1-22-12-5-6-13(14(8-12)23-2)15-19-20-16(24)21(15)18-10-11-4-3-7-17-9-11/h3-10H,1-2H3,(H,20,24)/b18-10-.